The lowest BCUT2D eigenvalue weighted by Gasteiger charge is -2.40. The fourth-order valence-corrected chi connectivity index (χ4v) is 3.93. The second kappa shape index (κ2) is 3.56. The standard InChI is InChI=1S/C9H18N2S/c1-2-11-6-7-12-9(11)4-3-5-10-8-9/h10H,2-8H2,1H3. The van der Waals surface area contributed by atoms with Gasteiger partial charge in [0.25, 0.3) is 0 Å². The van der Waals surface area contributed by atoms with Crippen molar-refractivity contribution in [1.29, 1.82) is 0 Å². The molecule has 2 saturated heterocycles. The Balaban J connectivity index is 2.05. The van der Waals surface area contributed by atoms with Gasteiger partial charge in [0.15, 0.2) is 0 Å². The molecule has 12 heavy (non-hydrogen) atoms. The van der Waals surface area contributed by atoms with Crippen molar-refractivity contribution in [2.24, 2.45) is 0 Å². The maximum Gasteiger partial charge on any atom is 0.0797 e. The van der Waals surface area contributed by atoms with Crippen LogP contribution in [0.25, 0.3) is 0 Å². The Morgan fingerprint density at radius 2 is 2.50 bits per heavy atom. The number of nitrogens with one attached hydrogen (secondary N) is 1. The number of hydrogen-bond acceptors (Lipinski definition) is 3. The molecule has 3 heteroatoms. The summed E-state index contributed by atoms with van der Waals surface area (Å²) < 4.78 is 0. The minimum atomic E-state index is 0.479. The maximum atomic E-state index is 3.52. The highest BCUT2D eigenvalue weighted by Crippen LogP contribution is 2.40. The van der Waals surface area contributed by atoms with Crippen LogP contribution < -0.4 is 5.32 Å². The van der Waals surface area contributed by atoms with Gasteiger partial charge in [-0.2, -0.15) is 0 Å². The van der Waals surface area contributed by atoms with Crippen molar-refractivity contribution in [3.05, 3.63) is 0 Å². The van der Waals surface area contributed by atoms with E-state index in [0.29, 0.717) is 4.87 Å². The van der Waals surface area contributed by atoms with Gasteiger partial charge in [0.2, 0.25) is 0 Å². The third-order valence-electron chi connectivity index (χ3n) is 3.01. The van der Waals surface area contributed by atoms with E-state index in [9.17, 15) is 0 Å². The molecule has 2 nitrogen and oxygen atoms in total. The molecule has 1 spiro atoms. The Morgan fingerprint density at radius 3 is 3.17 bits per heavy atom. The summed E-state index contributed by atoms with van der Waals surface area (Å²) in [5.74, 6) is 1.33. The van der Waals surface area contributed by atoms with Gasteiger partial charge in [0.05, 0.1) is 4.87 Å². The molecule has 0 bridgehead atoms. The molecule has 2 aliphatic rings. The molecule has 0 aromatic carbocycles. The van der Waals surface area contributed by atoms with Crippen LogP contribution in [0.2, 0.25) is 0 Å². The Bertz CT molecular complexity index is 155. The molecule has 0 aromatic rings. The molecule has 2 fully saturated rings. The molecule has 2 heterocycles. The van der Waals surface area contributed by atoms with Crippen LogP contribution >= 0.6 is 11.8 Å². The first-order valence-electron chi connectivity index (χ1n) is 4.97. The quantitative estimate of drug-likeness (QED) is 0.661. The zero-order valence-corrected chi connectivity index (χ0v) is 8.62. The summed E-state index contributed by atoms with van der Waals surface area (Å²) in [4.78, 5) is 3.12. The van der Waals surface area contributed by atoms with Crippen molar-refractivity contribution in [3.8, 4) is 0 Å². The second-order valence-corrected chi connectivity index (χ2v) is 5.11. The van der Waals surface area contributed by atoms with Crippen molar-refractivity contribution < 1.29 is 0 Å². The first kappa shape index (κ1) is 8.85. The average molecular weight is 186 g/mol. The van der Waals surface area contributed by atoms with Gasteiger partial charge in [-0.3, -0.25) is 4.90 Å². The summed E-state index contributed by atoms with van der Waals surface area (Å²) in [7, 11) is 0. The number of nitrogens with zero attached hydrogens (tertiary/aromatic N) is 1. The van der Waals surface area contributed by atoms with E-state index in [4.69, 9.17) is 0 Å². The highest BCUT2D eigenvalue weighted by molar-refractivity contribution is 8.00. The lowest BCUT2D eigenvalue weighted by Crippen LogP contribution is -2.52. The van der Waals surface area contributed by atoms with Crippen molar-refractivity contribution >= 4 is 11.8 Å². The summed E-state index contributed by atoms with van der Waals surface area (Å²) in [6.45, 7) is 7.21. The normalized spacial score (nSPS) is 37.8. The van der Waals surface area contributed by atoms with Gasteiger partial charge >= 0.3 is 0 Å². The Kier molecular flexibility index (Phi) is 2.63. The first-order chi connectivity index (χ1) is 5.87. The van der Waals surface area contributed by atoms with Crippen molar-refractivity contribution in [2.45, 2.75) is 24.6 Å². The average Bonchev–Trinajstić information content (AvgIpc) is 2.49. The van der Waals surface area contributed by atoms with Gasteiger partial charge < -0.3 is 5.32 Å². The zero-order valence-electron chi connectivity index (χ0n) is 7.81. The van der Waals surface area contributed by atoms with E-state index < -0.39 is 0 Å². The van der Waals surface area contributed by atoms with Crippen LogP contribution in [0.15, 0.2) is 0 Å². The predicted molar refractivity (Wildman–Crippen MR) is 54.5 cm³/mol. The van der Waals surface area contributed by atoms with Crippen LogP contribution in [-0.4, -0.2) is 41.7 Å². The number of hydrogen-bond donors (Lipinski definition) is 1. The van der Waals surface area contributed by atoms with Gasteiger partial charge in [-0.05, 0) is 25.9 Å². The van der Waals surface area contributed by atoms with E-state index in [-0.39, 0.29) is 0 Å². The molecule has 1 N–H and O–H groups in total. The van der Waals surface area contributed by atoms with E-state index in [1.807, 2.05) is 0 Å². The molecule has 1 unspecified atom stereocenters. The molecule has 0 amide bonds. The van der Waals surface area contributed by atoms with Crippen LogP contribution in [-0.2, 0) is 0 Å². The number of piperidine rings is 1. The maximum absolute atomic E-state index is 3.52. The van der Waals surface area contributed by atoms with Crippen LogP contribution in [0.4, 0.5) is 0 Å². The Morgan fingerprint density at radius 1 is 1.58 bits per heavy atom. The molecular weight excluding hydrogens is 168 g/mol. The van der Waals surface area contributed by atoms with Crippen LogP contribution in [0.3, 0.4) is 0 Å². The predicted octanol–water partition coefficient (Wildman–Crippen LogP) is 1.13. The van der Waals surface area contributed by atoms with Gasteiger partial charge in [-0.25, -0.2) is 0 Å². The molecule has 2 rings (SSSR count). The number of thioether (sulfide) groups is 1. The fraction of sp³-hybridized carbons (Fsp3) is 1.00. The van der Waals surface area contributed by atoms with Crippen molar-refractivity contribution in [3.63, 3.8) is 0 Å². The Hall–Kier alpha value is 0.270. The van der Waals surface area contributed by atoms with E-state index >= 15 is 0 Å². The minimum Gasteiger partial charge on any atom is -0.314 e. The molecule has 0 saturated carbocycles. The van der Waals surface area contributed by atoms with Crippen LogP contribution in [0.5, 0.6) is 0 Å². The smallest absolute Gasteiger partial charge is 0.0797 e. The molecule has 2 aliphatic heterocycles. The summed E-state index contributed by atoms with van der Waals surface area (Å²) in [6, 6.07) is 0. The molecule has 0 aromatic heterocycles. The van der Waals surface area contributed by atoms with Crippen LogP contribution in [0, 0.1) is 0 Å². The highest BCUT2D eigenvalue weighted by Gasteiger charge is 2.41. The summed E-state index contributed by atoms with van der Waals surface area (Å²) in [5, 5.41) is 3.52. The molecular formula is C9H18N2S. The molecule has 70 valence electrons. The summed E-state index contributed by atoms with van der Waals surface area (Å²) >= 11 is 2.16. The summed E-state index contributed by atoms with van der Waals surface area (Å²) in [6.07, 6.45) is 2.74. The molecule has 1 atom stereocenters. The van der Waals surface area contributed by atoms with E-state index in [1.54, 1.807) is 0 Å². The van der Waals surface area contributed by atoms with Gasteiger partial charge in [0, 0.05) is 18.8 Å². The van der Waals surface area contributed by atoms with Crippen LogP contribution in [0.1, 0.15) is 19.8 Å². The lowest BCUT2D eigenvalue weighted by molar-refractivity contribution is 0.168. The monoisotopic (exact) mass is 186 g/mol. The third-order valence-corrected chi connectivity index (χ3v) is 4.54. The van der Waals surface area contributed by atoms with Gasteiger partial charge in [0.1, 0.15) is 0 Å². The molecule has 0 aliphatic carbocycles. The van der Waals surface area contributed by atoms with E-state index in [0.717, 1.165) is 0 Å². The third kappa shape index (κ3) is 1.38. The first-order valence-corrected chi connectivity index (χ1v) is 5.96. The fourth-order valence-electron chi connectivity index (χ4n) is 2.34. The SMILES string of the molecule is CCN1CCSC12CCCNC2. The van der Waals surface area contributed by atoms with E-state index in [2.05, 4.69) is 28.9 Å². The summed E-state index contributed by atoms with van der Waals surface area (Å²) in [5.41, 5.74) is 0. The largest absolute Gasteiger partial charge is 0.314 e. The minimum absolute atomic E-state index is 0.479. The topological polar surface area (TPSA) is 15.3 Å². The van der Waals surface area contributed by atoms with Crippen molar-refractivity contribution in [1.82, 2.24) is 10.2 Å². The number of rotatable bonds is 1. The van der Waals surface area contributed by atoms with E-state index in [1.165, 1.54) is 44.8 Å². The zero-order chi connectivity index (χ0) is 8.44. The van der Waals surface area contributed by atoms with Gasteiger partial charge in [-0.1, -0.05) is 6.92 Å². The number of likely N-dealkylation sites (N-methyl/N-ethyl adjacent to an activating group) is 1. The van der Waals surface area contributed by atoms with Crippen molar-refractivity contribution in [2.75, 3.05) is 31.9 Å². The highest BCUT2D eigenvalue weighted by atomic mass is 32.2. The molecule has 0 radical (unpaired) electrons. The second-order valence-electron chi connectivity index (χ2n) is 3.65. The van der Waals surface area contributed by atoms with Gasteiger partial charge in [-0.15, -0.1) is 11.8 Å². The lowest BCUT2D eigenvalue weighted by atomic mass is 10.1. The Labute approximate surface area is 79.1 Å².